The summed E-state index contributed by atoms with van der Waals surface area (Å²) in [5.74, 6) is 1.57. The van der Waals surface area contributed by atoms with Crippen molar-refractivity contribution in [1.82, 2.24) is 10.1 Å². The van der Waals surface area contributed by atoms with E-state index in [0.717, 1.165) is 25.7 Å². The van der Waals surface area contributed by atoms with Crippen molar-refractivity contribution >= 4 is 0 Å². The number of aromatic nitrogens is 2. The van der Waals surface area contributed by atoms with Crippen LogP contribution in [0.1, 0.15) is 57.2 Å². The molecule has 1 fully saturated rings. The number of nitrogens with zero attached hydrogens (tertiary/aromatic N) is 2. The zero-order valence-corrected chi connectivity index (χ0v) is 10.6. The van der Waals surface area contributed by atoms with Crippen LogP contribution < -0.4 is 5.73 Å². The lowest BCUT2D eigenvalue weighted by molar-refractivity contribution is 0.00830. The van der Waals surface area contributed by atoms with E-state index in [9.17, 15) is 0 Å². The fourth-order valence-corrected chi connectivity index (χ4v) is 2.09. The van der Waals surface area contributed by atoms with E-state index in [1.165, 1.54) is 0 Å². The highest BCUT2D eigenvalue weighted by Gasteiger charge is 2.20. The van der Waals surface area contributed by atoms with E-state index in [4.69, 9.17) is 15.0 Å². The molecule has 1 aromatic heterocycles. The Kier molecular flexibility index (Phi) is 4.12. The average Bonchev–Trinajstić information content (AvgIpc) is 2.75. The Bertz CT molecular complexity index is 351. The van der Waals surface area contributed by atoms with Crippen molar-refractivity contribution in [3.05, 3.63) is 11.7 Å². The minimum atomic E-state index is 0.250. The van der Waals surface area contributed by atoms with Gasteiger partial charge in [-0.3, -0.25) is 0 Å². The molecular weight excluding hydrogens is 218 g/mol. The molecule has 1 heterocycles. The van der Waals surface area contributed by atoms with Gasteiger partial charge in [-0.2, -0.15) is 4.98 Å². The van der Waals surface area contributed by atoms with Crippen LogP contribution in [-0.2, 0) is 11.3 Å². The Morgan fingerprint density at radius 3 is 2.94 bits per heavy atom. The molecule has 17 heavy (non-hydrogen) atoms. The first-order valence-electron chi connectivity index (χ1n) is 6.35. The van der Waals surface area contributed by atoms with Gasteiger partial charge in [0.1, 0.15) is 6.61 Å². The summed E-state index contributed by atoms with van der Waals surface area (Å²) in [4.78, 5) is 4.28. The first-order chi connectivity index (χ1) is 8.15. The first-order valence-corrected chi connectivity index (χ1v) is 6.35. The summed E-state index contributed by atoms with van der Waals surface area (Å²) >= 11 is 0. The second-order valence-corrected chi connectivity index (χ2v) is 5.06. The fourth-order valence-electron chi connectivity index (χ4n) is 2.09. The molecule has 5 heteroatoms. The molecule has 0 aliphatic heterocycles. The molecule has 0 amide bonds. The molecule has 1 saturated carbocycles. The summed E-state index contributed by atoms with van der Waals surface area (Å²) in [5, 5.41) is 3.90. The van der Waals surface area contributed by atoms with Crippen molar-refractivity contribution in [2.45, 2.75) is 64.2 Å². The van der Waals surface area contributed by atoms with E-state index in [2.05, 4.69) is 10.1 Å². The van der Waals surface area contributed by atoms with Crippen LogP contribution in [0.3, 0.4) is 0 Å². The van der Waals surface area contributed by atoms with Gasteiger partial charge in [0.05, 0.1) is 6.10 Å². The monoisotopic (exact) mass is 239 g/mol. The molecule has 0 spiro atoms. The molecule has 0 radical (unpaired) electrons. The molecule has 0 bridgehead atoms. The highest BCUT2D eigenvalue weighted by atomic mass is 16.5. The summed E-state index contributed by atoms with van der Waals surface area (Å²) in [6.07, 6.45) is 4.53. The Hall–Kier alpha value is -0.940. The van der Waals surface area contributed by atoms with Crippen molar-refractivity contribution in [2.75, 3.05) is 0 Å². The Morgan fingerprint density at radius 2 is 2.29 bits per heavy atom. The molecule has 2 atom stereocenters. The van der Waals surface area contributed by atoms with Gasteiger partial charge in [0.15, 0.2) is 5.82 Å². The van der Waals surface area contributed by atoms with Gasteiger partial charge < -0.3 is 15.0 Å². The molecule has 2 N–H and O–H groups in total. The van der Waals surface area contributed by atoms with E-state index in [1.54, 1.807) is 0 Å². The summed E-state index contributed by atoms with van der Waals surface area (Å²) in [7, 11) is 0. The van der Waals surface area contributed by atoms with Gasteiger partial charge >= 0.3 is 0 Å². The minimum absolute atomic E-state index is 0.250. The highest BCUT2D eigenvalue weighted by Crippen LogP contribution is 2.20. The van der Waals surface area contributed by atoms with Crippen LogP contribution >= 0.6 is 0 Å². The molecule has 2 unspecified atom stereocenters. The van der Waals surface area contributed by atoms with E-state index in [0.29, 0.717) is 18.3 Å². The van der Waals surface area contributed by atoms with Gasteiger partial charge in [-0.15, -0.1) is 0 Å². The van der Waals surface area contributed by atoms with Gasteiger partial charge in [0.25, 0.3) is 0 Å². The predicted octanol–water partition coefficient (Wildman–Crippen LogP) is 1.98. The third-order valence-corrected chi connectivity index (χ3v) is 3.09. The van der Waals surface area contributed by atoms with Gasteiger partial charge in [-0.05, 0) is 25.7 Å². The van der Waals surface area contributed by atoms with Crippen LogP contribution in [0.5, 0.6) is 0 Å². The standard InChI is InChI=1S/C12H21N3O2/c1-8(2)12-14-11(15-17-12)7-16-10-5-3-4-9(13)6-10/h8-10H,3-7,13H2,1-2H3. The average molecular weight is 239 g/mol. The summed E-state index contributed by atoms with van der Waals surface area (Å²) in [5.41, 5.74) is 5.91. The predicted molar refractivity (Wildman–Crippen MR) is 63.4 cm³/mol. The Labute approximate surface area is 102 Å². The highest BCUT2D eigenvalue weighted by molar-refractivity contribution is 4.89. The van der Waals surface area contributed by atoms with E-state index < -0.39 is 0 Å². The molecule has 1 aliphatic carbocycles. The van der Waals surface area contributed by atoms with Crippen LogP contribution in [0, 0.1) is 0 Å². The third kappa shape index (κ3) is 3.51. The van der Waals surface area contributed by atoms with Crippen LogP contribution in [0.15, 0.2) is 4.52 Å². The second kappa shape index (κ2) is 5.60. The summed E-state index contributed by atoms with van der Waals surface area (Å²) in [6.45, 7) is 4.48. The minimum Gasteiger partial charge on any atom is -0.370 e. The van der Waals surface area contributed by atoms with Gasteiger partial charge in [0.2, 0.25) is 5.89 Å². The zero-order chi connectivity index (χ0) is 12.3. The molecule has 0 saturated heterocycles. The van der Waals surface area contributed by atoms with Crippen molar-refractivity contribution in [3.63, 3.8) is 0 Å². The lowest BCUT2D eigenvalue weighted by Crippen LogP contribution is -2.32. The molecular formula is C12H21N3O2. The smallest absolute Gasteiger partial charge is 0.229 e. The third-order valence-electron chi connectivity index (χ3n) is 3.09. The maximum absolute atomic E-state index is 5.91. The van der Waals surface area contributed by atoms with Crippen molar-refractivity contribution < 1.29 is 9.26 Å². The van der Waals surface area contributed by atoms with E-state index >= 15 is 0 Å². The number of nitrogens with two attached hydrogens (primary N) is 1. The number of ether oxygens (including phenoxy) is 1. The number of hydrogen-bond acceptors (Lipinski definition) is 5. The molecule has 0 aromatic carbocycles. The number of rotatable bonds is 4. The Balaban J connectivity index is 1.80. The van der Waals surface area contributed by atoms with Crippen molar-refractivity contribution in [2.24, 2.45) is 5.73 Å². The van der Waals surface area contributed by atoms with Gasteiger partial charge in [0, 0.05) is 12.0 Å². The van der Waals surface area contributed by atoms with Crippen LogP contribution in [0.2, 0.25) is 0 Å². The SMILES string of the molecule is CC(C)c1nc(COC2CCCC(N)C2)no1. The lowest BCUT2D eigenvalue weighted by atomic mass is 9.94. The largest absolute Gasteiger partial charge is 0.370 e. The van der Waals surface area contributed by atoms with Crippen LogP contribution in [-0.4, -0.2) is 22.3 Å². The molecule has 2 rings (SSSR count). The van der Waals surface area contributed by atoms with Crippen molar-refractivity contribution in [3.8, 4) is 0 Å². The summed E-state index contributed by atoms with van der Waals surface area (Å²) in [6, 6.07) is 0.283. The maximum atomic E-state index is 5.91. The molecule has 5 nitrogen and oxygen atoms in total. The molecule has 96 valence electrons. The lowest BCUT2D eigenvalue weighted by Gasteiger charge is -2.26. The van der Waals surface area contributed by atoms with Crippen LogP contribution in [0.4, 0.5) is 0 Å². The molecule has 1 aromatic rings. The van der Waals surface area contributed by atoms with E-state index in [-0.39, 0.29) is 18.1 Å². The van der Waals surface area contributed by atoms with Crippen LogP contribution in [0.25, 0.3) is 0 Å². The normalized spacial score (nSPS) is 25.4. The quantitative estimate of drug-likeness (QED) is 0.869. The van der Waals surface area contributed by atoms with Gasteiger partial charge in [-0.25, -0.2) is 0 Å². The Morgan fingerprint density at radius 1 is 1.47 bits per heavy atom. The number of hydrogen-bond donors (Lipinski definition) is 1. The molecule has 1 aliphatic rings. The van der Waals surface area contributed by atoms with E-state index in [1.807, 2.05) is 13.8 Å². The summed E-state index contributed by atoms with van der Waals surface area (Å²) < 4.78 is 10.9. The topological polar surface area (TPSA) is 74.2 Å². The second-order valence-electron chi connectivity index (χ2n) is 5.06. The first kappa shape index (κ1) is 12.5. The maximum Gasteiger partial charge on any atom is 0.229 e. The van der Waals surface area contributed by atoms with Gasteiger partial charge in [-0.1, -0.05) is 19.0 Å². The van der Waals surface area contributed by atoms with Crippen molar-refractivity contribution in [1.29, 1.82) is 0 Å². The fraction of sp³-hybridized carbons (Fsp3) is 0.833. The zero-order valence-electron chi connectivity index (χ0n) is 10.6.